The first-order chi connectivity index (χ1) is 38.7. The van der Waals surface area contributed by atoms with Crippen LogP contribution >= 0.6 is 22.7 Å². The number of amides is 4. The summed E-state index contributed by atoms with van der Waals surface area (Å²) < 4.78 is 14.3. The number of aryl methyl sites for hydroxylation is 3. The van der Waals surface area contributed by atoms with Gasteiger partial charge in [-0.05, 0) is 99.5 Å². The van der Waals surface area contributed by atoms with Gasteiger partial charge in [0.1, 0.15) is 46.4 Å². The number of carboxylic acid groups (broad SMARTS) is 1. The molecule has 1 unspecified atom stereocenters. The zero-order valence-corrected chi connectivity index (χ0v) is 48.1. The number of hydrogen-bond donors (Lipinski definition) is 5. The van der Waals surface area contributed by atoms with Crippen LogP contribution in [0.15, 0.2) is 87.7 Å². The van der Waals surface area contributed by atoms with E-state index in [0.29, 0.717) is 54.2 Å². The summed E-state index contributed by atoms with van der Waals surface area (Å²) in [5, 5.41) is 40.0. The molecule has 7 aromatic rings. The number of hydrogen-bond acceptors (Lipinski definition) is 15. The minimum absolute atomic E-state index is 0.00152. The third-order valence-corrected chi connectivity index (χ3v) is 18.3. The summed E-state index contributed by atoms with van der Waals surface area (Å²) in [5.41, 5.74) is 8.97. The summed E-state index contributed by atoms with van der Waals surface area (Å²) >= 11 is 3.19. The zero-order valence-electron chi connectivity index (χ0n) is 46.5. The van der Waals surface area contributed by atoms with Gasteiger partial charge in [0.05, 0.1) is 46.3 Å². The number of carbonyl (C=O) groups is 5. The number of β-amino-alcohol motifs (C(OH)–C–C–N with tert-alkyl or cyclic N) is 1. The lowest BCUT2D eigenvalue weighted by atomic mass is 9.85. The lowest BCUT2D eigenvalue weighted by Gasteiger charge is -2.36. The molecular formula is C60H66N10O9S2. The molecule has 5 N–H and O–H groups in total. The number of benzene rings is 3. The van der Waals surface area contributed by atoms with Gasteiger partial charge in [-0.15, -0.1) is 32.9 Å². The van der Waals surface area contributed by atoms with Crippen LogP contribution in [0.25, 0.3) is 26.4 Å². The molecule has 11 rings (SSSR count). The highest BCUT2D eigenvalue weighted by Gasteiger charge is 2.45. The molecule has 81 heavy (non-hydrogen) atoms. The van der Waals surface area contributed by atoms with E-state index in [1.165, 1.54) is 4.90 Å². The van der Waals surface area contributed by atoms with Crippen LogP contribution in [0.3, 0.4) is 0 Å². The number of rotatable bonds is 15. The number of ether oxygens (including phenoxy) is 1. The fourth-order valence-electron chi connectivity index (χ4n) is 11.4. The number of aliphatic imine (C=N–C) groups is 1. The van der Waals surface area contributed by atoms with Crippen LogP contribution in [-0.4, -0.2) is 120 Å². The second-order valence-electron chi connectivity index (χ2n) is 23.0. The minimum Gasteiger partial charge on any atom is -0.490 e. The molecule has 7 heterocycles. The summed E-state index contributed by atoms with van der Waals surface area (Å²) in [6.45, 7) is 16.6. The maximum atomic E-state index is 14.4. The van der Waals surface area contributed by atoms with E-state index in [2.05, 4.69) is 49.9 Å². The van der Waals surface area contributed by atoms with E-state index in [1.807, 2.05) is 100 Å². The molecule has 1 aliphatic carbocycles. The normalized spacial score (nSPS) is 21.3. The lowest BCUT2D eigenvalue weighted by Crippen LogP contribution is -2.57. The Bertz CT molecular complexity index is 3610. The van der Waals surface area contributed by atoms with E-state index < -0.39 is 53.3 Å². The number of anilines is 1. The second-order valence-corrected chi connectivity index (χ2v) is 25.0. The topological polar surface area (TPSA) is 247 Å². The van der Waals surface area contributed by atoms with Crippen molar-refractivity contribution < 1.29 is 43.3 Å². The maximum Gasteiger partial charge on any atom is 0.306 e. The number of aliphatic hydroxyl groups excluding tert-OH is 1. The number of furan rings is 1. The highest BCUT2D eigenvalue weighted by atomic mass is 32.1. The molecule has 2 saturated heterocycles. The number of aliphatic hydroxyl groups is 1. The highest BCUT2D eigenvalue weighted by Crippen LogP contribution is 2.41. The van der Waals surface area contributed by atoms with Crippen LogP contribution < -0.4 is 25.6 Å². The van der Waals surface area contributed by atoms with Gasteiger partial charge in [-0.3, -0.25) is 33.5 Å². The number of thiazole rings is 1. The molecular weight excluding hydrogens is 1070 g/mol. The monoisotopic (exact) mass is 1130 g/mol. The van der Waals surface area contributed by atoms with Crippen LogP contribution in [0.1, 0.15) is 127 Å². The second kappa shape index (κ2) is 22.0. The fraction of sp³-hybridized carbons (Fsp3) is 0.417. The minimum atomic E-state index is -1.06. The summed E-state index contributed by atoms with van der Waals surface area (Å²) in [6.07, 6.45) is 0.792. The molecule has 0 bridgehead atoms. The fourth-order valence-corrected chi connectivity index (χ4v) is 13.5. The number of aromatic nitrogens is 4. The average Bonchev–Trinajstić information content (AvgIpc) is 4.36. The average molecular weight is 1140 g/mol. The number of aliphatic carboxylic acids is 1. The van der Waals surface area contributed by atoms with Crippen molar-refractivity contribution >= 4 is 74.6 Å². The number of nitrogens with one attached hydrogen (secondary N) is 3. The van der Waals surface area contributed by atoms with Gasteiger partial charge in [0, 0.05) is 72.0 Å². The molecule has 21 heteroatoms. The Morgan fingerprint density at radius 1 is 0.889 bits per heavy atom. The Morgan fingerprint density at radius 3 is 2.33 bits per heavy atom. The Morgan fingerprint density at radius 2 is 1.63 bits per heavy atom. The molecule has 4 amide bonds. The van der Waals surface area contributed by atoms with Crippen molar-refractivity contribution in [2.45, 2.75) is 130 Å². The number of fused-ring (bicyclic) bond motifs is 4. The largest absolute Gasteiger partial charge is 0.490 e. The van der Waals surface area contributed by atoms with Crippen LogP contribution in [0.2, 0.25) is 0 Å². The molecule has 0 spiro atoms. The van der Waals surface area contributed by atoms with Gasteiger partial charge >= 0.3 is 5.97 Å². The van der Waals surface area contributed by atoms with Crippen molar-refractivity contribution in [2.24, 2.45) is 16.3 Å². The molecule has 3 aromatic carbocycles. The van der Waals surface area contributed by atoms with E-state index >= 15 is 0 Å². The number of carboxylic acids is 1. The van der Waals surface area contributed by atoms with Crippen LogP contribution in [0, 0.1) is 39.0 Å². The molecule has 422 valence electrons. The van der Waals surface area contributed by atoms with E-state index in [1.54, 1.807) is 46.9 Å². The number of thiophene rings is 1. The Kier molecular flexibility index (Phi) is 15.0. The van der Waals surface area contributed by atoms with Gasteiger partial charge in [-0.2, -0.15) is 0 Å². The van der Waals surface area contributed by atoms with Crippen LogP contribution in [0.4, 0.5) is 5.69 Å². The summed E-state index contributed by atoms with van der Waals surface area (Å²) in [6, 6.07) is 19.8. The van der Waals surface area contributed by atoms with E-state index in [4.69, 9.17) is 14.1 Å². The van der Waals surface area contributed by atoms with Crippen molar-refractivity contribution in [3.05, 3.63) is 129 Å². The van der Waals surface area contributed by atoms with Gasteiger partial charge in [0.15, 0.2) is 11.6 Å². The SMILES string of the molecule is Cc1ncsc1-c1ccc([C@H](C)NC(=O)[C@@H]2C[C@@H](O)CN2C(=O)[C@@H](NC(=O)c2cc3cc(O[C@H]4C[C@@H](NC(=O)C5CCN(c6ccc(C7=N[C@@H](CC(=O)O)c8nnc(C)n8-c8sc(C)c(C)c87)cc6)C5)C4)ccc3o2)C(C)(C)C)cc1. The first-order valence-electron chi connectivity index (χ1n) is 27.5. The van der Waals surface area contributed by atoms with Crippen molar-refractivity contribution in [3.8, 4) is 21.2 Å². The van der Waals surface area contributed by atoms with Gasteiger partial charge in [-0.1, -0.05) is 57.2 Å². The zero-order chi connectivity index (χ0) is 57.2. The van der Waals surface area contributed by atoms with E-state index in [9.17, 15) is 34.2 Å². The lowest BCUT2D eigenvalue weighted by molar-refractivity contribution is -0.142. The van der Waals surface area contributed by atoms with E-state index in [0.717, 1.165) is 66.2 Å². The van der Waals surface area contributed by atoms with Crippen molar-refractivity contribution in [3.63, 3.8) is 0 Å². The molecule has 4 aliphatic rings. The Balaban J connectivity index is 0.668. The molecule has 4 aromatic heterocycles. The third-order valence-electron chi connectivity index (χ3n) is 16.2. The van der Waals surface area contributed by atoms with E-state index in [-0.39, 0.29) is 55.2 Å². The molecule has 0 radical (unpaired) electrons. The van der Waals surface area contributed by atoms with Gasteiger partial charge < -0.3 is 45.1 Å². The molecule has 3 fully saturated rings. The number of carbonyl (C=O) groups excluding carboxylic acids is 4. The van der Waals surface area contributed by atoms with Crippen molar-refractivity contribution in [2.75, 3.05) is 24.5 Å². The summed E-state index contributed by atoms with van der Waals surface area (Å²) in [7, 11) is 0. The van der Waals surface area contributed by atoms with Crippen molar-refractivity contribution in [1.29, 1.82) is 0 Å². The third kappa shape index (κ3) is 11.1. The molecule has 6 atom stereocenters. The smallest absolute Gasteiger partial charge is 0.306 e. The van der Waals surface area contributed by atoms with Crippen LogP contribution in [0.5, 0.6) is 5.75 Å². The first-order valence-corrected chi connectivity index (χ1v) is 29.2. The quantitative estimate of drug-likeness (QED) is 0.0649. The first kappa shape index (κ1) is 55.2. The predicted molar refractivity (Wildman–Crippen MR) is 308 cm³/mol. The van der Waals surface area contributed by atoms with Gasteiger partial charge in [0.25, 0.3) is 5.91 Å². The number of nitrogens with zero attached hydrogens (tertiary/aromatic N) is 7. The highest BCUT2D eigenvalue weighted by molar-refractivity contribution is 7.15. The van der Waals surface area contributed by atoms with Crippen LogP contribution in [-0.2, 0) is 19.2 Å². The van der Waals surface area contributed by atoms with Gasteiger partial charge in [-0.25, -0.2) is 4.98 Å². The maximum absolute atomic E-state index is 14.4. The Labute approximate surface area is 476 Å². The Hall–Kier alpha value is -7.75. The van der Waals surface area contributed by atoms with Crippen molar-refractivity contribution in [1.82, 2.24) is 40.6 Å². The predicted octanol–water partition coefficient (Wildman–Crippen LogP) is 8.34. The standard InChI is InChI=1S/C60H66N10O9S2/c1-30-33(4)81-59-50(30)51(64-45(26-49(72)73)54-67-66-34(5)70(54)59)36-13-15-41(16-14-36)68-20-19-38(27-68)55(74)63-40-23-44(24-40)78-43-17-18-47-39(21-43)22-48(79-47)57(76)65-53(60(6,7)8)58(77)69-28-42(71)25-46(69)56(75)62-31(2)35-9-11-37(12-10-35)52-32(3)61-29-80-52/h9-18,21-22,29,31,38,40,42,44-46,53,71H,19-20,23-28H2,1-8H3,(H,62,75)(H,63,74)(H,65,76)(H,72,73)/t31-,38?,40-,42+,44+,45-,46-,53+/m0/s1. The molecule has 3 aliphatic heterocycles. The molecule has 19 nitrogen and oxygen atoms in total. The molecule has 1 saturated carbocycles. The number of likely N-dealkylation sites (tertiary alicyclic amines) is 1. The summed E-state index contributed by atoms with van der Waals surface area (Å²) in [4.78, 5) is 83.0. The summed E-state index contributed by atoms with van der Waals surface area (Å²) in [5.74, 6) is -0.834. The van der Waals surface area contributed by atoms with Gasteiger partial charge in [0.2, 0.25) is 17.7 Å².